The van der Waals surface area contributed by atoms with Gasteiger partial charge in [0.1, 0.15) is 5.82 Å². The number of rotatable bonds is 2. The Morgan fingerprint density at radius 2 is 1.84 bits per heavy atom. The average Bonchev–Trinajstić information content (AvgIpc) is 2.37. The molecule has 1 atom stereocenters. The molecular formula is C13H16F4N2. The molecule has 106 valence electrons. The summed E-state index contributed by atoms with van der Waals surface area (Å²) < 4.78 is 51.0. The summed E-state index contributed by atoms with van der Waals surface area (Å²) in [7, 11) is 0. The quantitative estimate of drug-likeness (QED) is 0.836. The fraction of sp³-hybridized carbons (Fsp3) is 0.538. The predicted molar refractivity (Wildman–Crippen MR) is 64.3 cm³/mol. The van der Waals surface area contributed by atoms with Gasteiger partial charge in [0.25, 0.3) is 0 Å². The Bertz CT molecular complexity index is 439. The van der Waals surface area contributed by atoms with E-state index in [2.05, 4.69) is 10.2 Å². The van der Waals surface area contributed by atoms with Crippen molar-refractivity contribution in [3.8, 4) is 0 Å². The Kier molecular flexibility index (Phi) is 4.10. The van der Waals surface area contributed by atoms with E-state index in [-0.39, 0.29) is 6.04 Å². The van der Waals surface area contributed by atoms with E-state index >= 15 is 0 Å². The molecule has 0 aromatic heterocycles. The van der Waals surface area contributed by atoms with Gasteiger partial charge in [0, 0.05) is 32.2 Å². The van der Waals surface area contributed by atoms with Gasteiger partial charge in [-0.1, -0.05) is 6.07 Å². The van der Waals surface area contributed by atoms with Crippen molar-refractivity contribution >= 4 is 0 Å². The maximum absolute atomic E-state index is 13.5. The third-order valence-corrected chi connectivity index (χ3v) is 3.48. The van der Waals surface area contributed by atoms with Crippen molar-refractivity contribution in [2.75, 3.05) is 26.2 Å². The second-order valence-corrected chi connectivity index (χ2v) is 4.70. The molecule has 1 fully saturated rings. The lowest BCUT2D eigenvalue weighted by atomic mass is 10.0. The first-order valence-electron chi connectivity index (χ1n) is 6.21. The van der Waals surface area contributed by atoms with Gasteiger partial charge in [-0.05, 0) is 24.6 Å². The molecule has 1 aromatic rings. The van der Waals surface area contributed by atoms with Crippen molar-refractivity contribution in [2.45, 2.75) is 19.1 Å². The molecule has 1 N–H and O–H groups in total. The summed E-state index contributed by atoms with van der Waals surface area (Å²) in [5.74, 6) is -1.20. The number of hydrogen-bond donors (Lipinski definition) is 1. The van der Waals surface area contributed by atoms with Gasteiger partial charge in [-0.15, -0.1) is 0 Å². The van der Waals surface area contributed by atoms with Crippen LogP contribution in [-0.2, 0) is 6.18 Å². The van der Waals surface area contributed by atoms with E-state index in [0.717, 1.165) is 38.3 Å². The van der Waals surface area contributed by atoms with E-state index in [1.165, 1.54) is 6.07 Å². The van der Waals surface area contributed by atoms with Crippen LogP contribution in [0.3, 0.4) is 0 Å². The van der Waals surface area contributed by atoms with Crippen molar-refractivity contribution < 1.29 is 17.6 Å². The van der Waals surface area contributed by atoms with E-state index < -0.39 is 17.6 Å². The molecule has 0 bridgehead atoms. The first-order chi connectivity index (χ1) is 8.89. The van der Waals surface area contributed by atoms with Gasteiger partial charge in [0.15, 0.2) is 0 Å². The first kappa shape index (κ1) is 14.3. The van der Waals surface area contributed by atoms with Crippen LogP contribution in [0.25, 0.3) is 0 Å². The number of alkyl halides is 3. The maximum atomic E-state index is 13.5. The average molecular weight is 276 g/mol. The number of nitrogens with zero attached hydrogens (tertiary/aromatic N) is 1. The molecule has 0 aliphatic carbocycles. The first-order valence-corrected chi connectivity index (χ1v) is 6.21. The predicted octanol–water partition coefficient (Wildman–Crippen LogP) is 2.81. The highest BCUT2D eigenvalue weighted by Gasteiger charge is 2.34. The highest BCUT2D eigenvalue weighted by molar-refractivity contribution is 5.28. The van der Waals surface area contributed by atoms with Gasteiger partial charge in [-0.3, -0.25) is 4.90 Å². The lowest BCUT2D eigenvalue weighted by molar-refractivity contribution is -0.140. The largest absolute Gasteiger partial charge is 0.419 e. The summed E-state index contributed by atoms with van der Waals surface area (Å²) >= 11 is 0. The summed E-state index contributed by atoms with van der Waals surface area (Å²) in [5.41, 5.74) is -0.629. The Hall–Kier alpha value is -1.14. The molecule has 0 amide bonds. The molecule has 1 heterocycles. The van der Waals surface area contributed by atoms with Gasteiger partial charge in [0.05, 0.1) is 5.56 Å². The Labute approximate surface area is 109 Å². The second kappa shape index (κ2) is 5.46. The summed E-state index contributed by atoms with van der Waals surface area (Å²) in [6, 6.07) is 3.09. The van der Waals surface area contributed by atoms with Crippen LogP contribution in [0.2, 0.25) is 0 Å². The van der Waals surface area contributed by atoms with Gasteiger partial charge in [0.2, 0.25) is 0 Å². The van der Waals surface area contributed by atoms with Crippen LogP contribution in [-0.4, -0.2) is 31.1 Å². The summed E-state index contributed by atoms with van der Waals surface area (Å²) in [4.78, 5) is 2.12. The van der Waals surface area contributed by atoms with Crippen molar-refractivity contribution in [1.29, 1.82) is 0 Å². The minimum atomic E-state index is -4.64. The fourth-order valence-electron chi connectivity index (χ4n) is 2.30. The number of nitrogens with one attached hydrogen (secondary N) is 1. The third kappa shape index (κ3) is 3.25. The normalized spacial score (nSPS) is 19.4. The zero-order valence-corrected chi connectivity index (χ0v) is 10.6. The lowest BCUT2D eigenvalue weighted by Gasteiger charge is -2.33. The third-order valence-electron chi connectivity index (χ3n) is 3.48. The molecule has 1 aromatic carbocycles. The lowest BCUT2D eigenvalue weighted by Crippen LogP contribution is -2.44. The highest BCUT2D eigenvalue weighted by atomic mass is 19.4. The topological polar surface area (TPSA) is 15.3 Å². The fourth-order valence-corrected chi connectivity index (χ4v) is 2.30. The molecule has 1 aliphatic heterocycles. The Balaban J connectivity index is 2.19. The van der Waals surface area contributed by atoms with Gasteiger partial charge < -0.3 is 5.32 Å². The number of piperazine rings is 1. The zero-order chi connectivity index (χ0) is 14.0. The molecule has 0 saturated carbocycles. The molecule has 1 saturated heterocycles. The molecule has 2 nitrogen and oxygen atoms in total. The number of hydrogen-bond acceptors (Lipinski definition) is 2. The molecule has 2 rings (SSSR count). The minimum Gasteiger partial charge on any atom is -0.314 e. The molecule has 19 heavy (non-hydrogen) atoms. The van der Waals surface area contributed by atoms with E-state index in [1.807, 2.05) is 6.92 Å². The second-order valence-electron chi connectivity index (χ2n) is 4.70. The number of halogens is 4. The van der Waals surface area contributed by atoms with E-state index in [4.69, 9.17) is 0 Å². The monoisotopic (exact) mass is 276 g/mol. The van der Waals surface area contributed by atoms with Crippen molar-refractivity contribution in [2.24, 2.45) is 0 Å². The van der Waals surface area contributed by atoms with Crippen LogP contribution in [0.4, 0.5) is 17.6 Å². The van der Waals surface area contributed by atoms with Gasteiger partial charge in [-0.2, -0.15) is 13.2 Å². The molecule has 0 radical (unpaired) electrons. The zero-order valence-electron chi connectivity index (χ0n) is 10.6. The van der Waals surface area contributed by atoms with Crippen molar-refractivity contribution in [3.05, 3.63) is 35.1 Å². The minimum absolute atomic E-state index is 0.0844. The van der Waals surface area contributed by atoms with Crippen LogP contribution >= 0.6 is 0 Å². The number of benzene rings is 1. The maximum Gasteiger partial charge on any atom is 0.419 e. The molecule has 0 unspecified atom stereocenters. The van der Waals surface area contributed by atoms with Crippen LogP contribution in [0.5, 0.6) is 0 Å². The summed E-state index contributed by atoms with van der Waals surface area (Å²) in [6.45, 7) is 5.18. The van der Waals surface area contributed by atoms with Crippen molar-refractivity contribution in [3.63, 3.8) is 0 Å². The van der Waals surface area contributed by atoms with Crippen LogP contribution in [0.1, 0.15) is 24.1 Å². The van der Waals surface area contributed by atoms with Crippen molar-refractivity contribution in [1.82, 2.24) is 10.2 Å². The van der Waals surface area contributed by atoms with E-state index in [1.54, 1.807) is 0 Å². The summed E-state index contributed by atoms with van der Waals surface area (Å²) in [5, 5.41) is 3.20. The van der Waals surface area contributed by atoms with E-state index in [9.17, 15) is 17.6 Å². The SMILES string of the molecule is C[C@H](c1ccc(C(F)(F)F)c(F)c1)N1CCNCC1. The smallest absolute Gasteiger partial charge is 0.314 e. The van der Waals surface area contributed by atoms with Crippen LogP contribution in [0, 0.1) is 5.82 Å². The Morgan fingerprint density at radius 1 is 1.21 bits per heavy atom. The Morgan fingerprint density at radius 3 is 2.37 bits per heavy atom. The summed E-state index contributed by atoms with van der Waals surface area (Å²) in [6.07, 6.45) is -4.64. The standard InChI is InChI=1S/C13H16F4N2/c1-9(19-6-4-18-5-7-19)10-2-3-11(12(14)8-10)13(15,16)17/h2-3,8-9,18H,4-7H2,1H3/t9-/m1/s1. The van der Waals surface area contributed by atoms with Crippen LogP contribution in [0.15, 0.2) is 18.2 Å². The molecule has 6 heteroatoms. The molecule has 1 aliphatic rings. The molecular weight excluding hydrogens is 260 g/mol. The highest BCUT2D eigenvalue weighted by Crippen LogP contribution is 2.33. The van der Waals surface area contributed by atoms with Gasteiger partial charge in [-0.25, -0.2) is 4.39 Å². The van der Waals surface area contributed by atoms with Gasteiger partial charge >= 0.3 is 6.18 Å². The van der Waals surface area contributed by atoms with E-state index in [0.29, 0.717) is 5.56 Å². The van der Waals surface area contributed by atoms with Crippen LogP contribution < -0.4 is 5.32 Å². The molecule has 0 spiro atoms.